The lowest BCUT2D eigenvalue weighted by molar-refractivity contribution is 0.288. The Morgan fingerprint density at radius 3 is 2.87 bits per heavy atom. The van der Waals surface area contributed by atoms with E-state index in [1.54, 1.807) is 0 Å². The van der Waals surface area contributed by atoms with E-state index in [0.29, 0.717) is 13.0 Å². The highest BCUT2D eigenvalue weighted by atomic mass is 16.5. The van der Waals surface area contributed by atoms with Crippen molar-refractivity contribution in [3.8, 4) is 11.8 Å². The van der Waals surface area contributed by atoms with Gasteiger partial charge in [-0.3, -0.25) is 0 Å². The summed E-state index contributed by atoms with van der Waals surface area (Å²) < 4.78 is 5.56. The van der Waals surface area contributed by atoms with Crippen molar-refractivity contribution in [2.45, 2.75) is 26.3 Å². The molecule has 1 unspecified atom stereocenters. The average molecular weight is 204 g/mol. The van der Waals surface area contributed by atoms with Crippen LogP contribution in [0.1, 0.15) is 17.5 Å². The second-order valence-electron chi connectivity index (χ2n) is 3.70. The Morgan fingerprint density at radius 2 is 2.20 bits per heavy atom. The van der Waals surface area contributed by atoms with Crippen LogP contribution in [0.5, 0.6) is 5.75 Å². The Hall–Kier alpha value is -1.53. The van der Waals surface area contributed by atoms with Crippen molar-refractivity contribution >= 4 is 0 Å². The Bertz CT molecular complexity index is 368. The van der Waals surface area contributed by atoms with Gasteiger partial charge < -0.3 is 10.5 Å². The van der Waals surface area contributed by atoms with Crippen LogP contribution in [0, 0.1) is 25.2 Å². The lowest BCUT2D eigenvalue weighted by atomic mass is 10.1. The molecule has 0 fully saturated rings. The van der Waals surface area contributed by atoms with Crippen molar-refractivity contribution in [2.75, 3.05) is 6.61 Å². The second-order valence-corrected chi connectivity index (χ2v) is 3.70. The summed E-state index contributed by atoms with van der Waals surface area (Å²) in [4.78, 5) is 0. The first-order chi connectivity index (χ1) is 7.13. The van der Waals surface area contributed by atoms with Crippen LogP contribution in [-0.4, -0.2) is 12.6 Å². The number of nitrogens with zero attached hydrogens (tertiary/aromatic N) is 1. The molecule has 1 aromatic rings. The van der Waals surface area contributed by atoms with Crippen LogP contribution >= 0.6 is 0 Å². The van der Waals surface area contributed by atoms with Gasteiger partial charge in [0.05, 0.1) is 18.5 Å². The average Bonchev–Trinajstić information content (AvgIpc) is 2.20. The Morgan fingerprint density at radius 1 is 1.47 bits per heavy atom. The third-order valence-corrected chi connectivity index (χ3v) is 2.15. The molecule has 0 heterocycles. The number of hydrogen-bond donors (Lipinski definition) is 1. The fraction of sp³-hybridized carbons (Fsp3) is 0.417. The van der Waals surface area contributed by atoms with Crippen LogP contribution in [0.3, 0.4) is 0 Å². The van der Waals surface area contributed by atoms with Crippen molar-refractivity contribution in [1.29, 1.82) is 5.26 Å². The van der Waals surface area contributed by atoms with Crippen molar-refractivity contribution < 1.29 is 4.74 Å². The molecule has 0 bridgehead atoms. The molecule has 1 atom stereocenters. The van der Waals surface area contributed by atoms with E-state index in [2.05, 4.69) is 0 Å². The van der Waals surface area contributed by atoms with Crippen molar-refractivity contribution in [3.63, 3.8) is 0 Å². The number of rotatable bonds is 4. The first-order valence-corrected chi connectivity index (χ1v) is 4.96. The summed E-state index contributed by atoms with van der Waals surface area (Å²) >= 11 is 0. The van der Waals surface area contributed by atoms with Gasteiger partial charge in [-0.05, 0) is 31.0 Å². The Kier molecular flexibility index (Phi) is 4.14. The van der Waals surface area contributed by atoms with Crippen LogP contribution in [0.2, 0.25) is 0 Å². The molecule has 0 saturated carbocycles. The molecule has 0 radical (unpaired) electrons. The highest BCUT2D eigenvalue weighted by molar-refractivity contribution is 5.35. The molecular weight excluding hydrogens is 188 g/mol. The maximum absolute atomic E-state index is 8.45. The molecule has 2 N–H and O–H groups in total. The molecule has 0 aromatic heterocycles. The molecule has 0 amide bonds. The van der Waals surface area contributed by atoms with Gasteiger partial charge >= 0.3 is 0 Å². The van der Waals surface area contributed by atoms with Crippen LogP contribution < -0.4 is 10.5 Å². The summed E-state index contributed by atoms with van der Waals surface area (Å²) in [5, 5.41) is 8.45. The number of ether oxygens (including phenoxy) is 1. The van der Waals surface area contributed by atoms with E-state index in [4.69, 9.17) is 15.7 Å². The SMILES string of the molecule is Cc1ccc(C)c(OCC(N)CC#N)c1. The van der Waals surface area contributed by atoms with Crippen LogP contribution in [0.4, 0.5) is 0 Å². The first-order valence-electron chi connectivity index (χ1n) is 4.96. The zero-order valence-electron chi connectivity index (χ0n) is 9.16. The number of nitrogens with two attached hydrogens (primary N) is 1. The fourth-order valence-electron chi connectivity index (χ4n) is 1.24. The van der Waals surface area contributed by atoms with Gasteiger partial charge in [0.1, 0.15) is 12.4 Å². The normalized spacial score (nSPS) is 11.9. The molecule has 0 saturated heterocycles. The van der Waals surface area contributed by atoms with E-state index in [9.17, 15) is 0 Å². The third kappa shape index (κ3) is 3.61. The lowest BCUT2D eigenvalue weighted by Crippen LogP contribution is -2.27. The van der Waals surface area contributed by atoms with Crippen LogP contribution in [-0.2, 0) is 0 Å². The summed E-state index contributed by atoms with van der Waals surface area (Å²) in [6.07, 6.45) is 0.324. The van der Waals surface area contributed by atoms with E-state index in [1.165, 1.54) is 0 Å². The van der Waals surface area contributed by atoms with Crippen molar-refractivity contribution in [1.82, 2.24) is 0 Å². The molecular formula is C12H16N2O. The summed E-state index contributed by atoms with van der Waals surface area (Å²) in [6, 6.07) is 7.85. The van der Waals surface area contributed by atoms with E-state index in [0.717, 1.165) is 16.9 Å². The molecule has 1 rings (SSSR count). The summed E-state index contributed by atoms with van der Waals surface area (Å²) in [5.41, 5.74) is 7.92. The minimum Gasteiger partial charge on any atom is -0.492 e. The van der Waals surface area contributed by atoms with Gasteiger partial charge in [-0.15, -0.1) is 0 Å². The van der Waals surface area contributed by atoms with Crippen LogP contribution in [0.25, 0.3) is 0 Å². The topological polar surface area (TPSA) is 59.0 Å². The highest BCUT2D eigenvalue weighted by Gasteiger charge is 2.04. The number of benzene rings is 1. The quantitative estimate of drug-likeness (QED) is 0.815. The molecule has 0 aliphatic heterocycles. The Labute approximate surface area is 90.5 Å². The molecule has 15 heavy (non-hydrogen) atoms. The second kappa shape index (κ2) is 5.38. The van der Waals surface area contributed by atoms with Gasteiger partial charge in [0, 0.05) is 0 Å². The van der Waals surface area contributed by atoms with Gasteiger partial charge in [0.2, 0.25) is 0 Å². The van der Waals surface area contributed by atoms with Gasteiger partial charge in [0.25, 0.3) is 0 Å². The lowest BCUT2D eigenvalue weighted by Gasteiger charge is -2.12. The minimum atomic E-state index is -0.213. The Balaban J connectivity index is 2.57. The summed E-state index contributed by atoms with van der Waals surface area (Å²) in [5.74, 6) is 0.850. The number of hydrogen-bond acceptors (Lipinski definition) is 3. The molecule has 0 spiro atoms. The zero-order chi connectivity index (χ0) is 11.3. The van der Waals surface area contributed by atoms with Crippen molar-refractivity contribution in [3.05, 3.63) is 29.3 Å². The third-order valence-electron chi connectivity index (χ3n) is 2.15. The van der Waals surface area contributed by atoms with E-state index in [-0.39, 0.29) is 6.04 Å². The van der Waals surface area contributed by atoms with Gasteiger partial charge in [-0.1, -0.05) is 12.1 Å². The predicted molar refractivity (Wildman–Crippen MR) is 59.6 cm³/mol. The van der Waals surface area contributed by atoms with Gasteiger partial charge in [-0.25, -0.2) is 0 Å². The van der Waals surface area contributed by atoms with Crippen LogP contribution in [0.15, 0.2) is 18.2 Å². The molecule has 3 nitrogen and oxygen atoms in total. The fourth-order valence-corrected chi connectivity index (χ4v) is 1.24. The number of nitriles is 1. The first kappa shape index (κ1) is 11.5. The van der Waals surface area contributed by atoms with Crippen molar-refractivity contribution in [2.24, 2.45) is 5.73 Å². The maximum atomic E-state index is 8.45. The van der Waals surface area contributed by atoms with E-state index in [1.807, 2.05) is 38.1 Å². The highest BCUT2D eigenvalue weighted by Crippen LogP contribution is 2.19. The summed E-state index contributed by atoms with van der Waals surface area (Å²) in [7, 11) is 0. The molecule has 3 heteroatoms. The smallest absolute Gasteiger partial charge is 0.122 e. The van der Waals surface area contributed by atoms with E-state index >= 15 is 0 Å². The minimum absolute atomic E-state index is 0.213. The standard InChI is InChI=1S/C12H16N2O/c1-9-3-4-10(2)12(7-9)15-8-11(14)5-6-13/h3-4,7,11H,5,8,14H2,1-2H3. The largest absolute Gasteiger partial charge is 0.492 e. The monoisotopic (exact) mass is 204 g/mol. The molecule has 80 valence electrons. The van der Waals surface area contributed by atoms with E-state index < -0.39 is 0 Å². The molecule has 1 aromatic carbocycles. The molecule has 0 aliphatic rings. The van der Waals surface area contributed by atoms with Gasteiger partial charge in [-0.2, -0.15) is 5.26 Å². The molecule has 0 aliphatic carbocycles. The summed E-state index contributed by atoms with van der Waals surface area (Å²) in [6.45, 7) is 4.39. The number of aryl methyl sites for hydroxylation is 2. The zero-order valence-corrected chi connectivity index (χ0v) is 9.16. The van der Waals surface area contributed by atoms with Gasteiger partial charge in [0.15, 0.2) is 0 Å². The predicted octanol–water partition coefficient (Wildman–Crippen LogP) is 1.92. The maximum Gasteiger partial charge on any atom is 0.122 e.